The molecule has 0 heterocycles. The first kappa shape index (κ1) is 14.2. The van der Waals surface area contributed by atoms with E-state index in [9.17, 15) is 0 Å². The molecule has 1 aliphatic rings. The van der Waals surface area contributed by atoms with Gasteiger partial charge in [0.2, 0.25) is 0 Å². The van der Waals surface area contributed by atoms with Gasteiger partial charge >= 0.3 is 0 Å². The molecule has 0 saturated carbocycles. The van der Waals surface area contributed by atoms with Crippen LogP contribution in [0.5, 0.6) is 5.75 Å². The van der Waals surface area contributed by atoms with Crippen molar-refractivity contribution >= 4 is 0 Å². The van der Waals surface area contributed by atoms with Crippen molar-refractivity contribution in [3.63, 3.8) is 0 Å². The molecule has 1 aliphatic carbocycles. The fourth-order valence-electron chi connectivity index (χ4n) is 3.53. The predicted molar refractivity (Wildman–Crippen MR) is 86.9 cm³/mol. The van der Waals surface area contributed by atoms with Crippen molar-refractivity contribution in [2.45, 2.75) is 31.7 Å². The van der Waals surface area contributed by atoms with Gasteiger partial charge in [-0.3, -0.25) is 0 Å². The normalized spacial score (nSPS) is 18.3. The second-order valence-electron chi connectivity index (χ2n) is 5.58. The monoisotopic (exact) mass is 281 g/mol. The molecule has 2 aromatic carbocycles. The highest BCUT2D eigenvalue weighted by Crippen LogP contribution is 2.43. The highest BCUT2D eigenvalue weighted by atomic mass is 16.5. The lowest BCUT2D eigenvalue weighted by Crippen LogP contribution is -2.23. The molecule has 2 heteroatoms. The van der Waals surface area contributed by atoms with E-state index in [4.69, 9.17) is 4.74 Å². The van der Waals surface area contributed by atoms with Crippen molar-refractivity contribution in [1.82, 2.24) is 5.32 Å². The van der Waals surface area contributed by atoms with E-state index in [-0.39, 0.29) is 0 Å². The van der Waals surface area contributed by atoms with Crippen LogP contribution in [-0.2, 0) is 6.42 Å². The largest absolute Gasteiger partial charge is 0.494 e. The first-order chi connectivity index (χ1) is 10.3. The first-order valence-electron chi connectivity index (χ1n) is 7.82. The maximum atomic E-state index is 5.83. The topological polar surface area (TPSA) is 21.3 Å². The van der Waals surface area contributed by atoms with Crippen LogP contribution in [0.1, 0.15) is 42.0 Å². The SMILES string of the molecule is CCOc1ccccc1C(NC)C1CCc2ccccc21. The minimum absolute atomic E-state index is 0.302. The number of rotatable bonds is 5. The fraction of sp³-hybridized carbons (Fsp3) is 0.368. The Morgan fingerprint density at radius 1 is 1.14 bits per heavy atom. The Balaban J connectivity index is 1.97. The Hall–Kier alpha value is -1.80. The van der Waals surface area contributed by atoms with E-state index < -0.39 is 0 Å². The van der Waals surface area contributed by atoms with Crippen molar-refractivity contribution in [2.24, 2.45) is 0 Å². The number of benzene rings is 2. The molecular weight excluding hydrogens is 258 g/mol. The predicted octanol–water partition coefficient (Wildman–Crippen LogP) is 4.08. The smallest absolute Gasteiger partial charge is 0.124 e. The van der Waals surface area contributed by atoms with Crippen molar-refractivity contribution in [3.05, 3.63) is 65.2 Å². The van der Waals surface area contributed by atoms with Gasteiger partial charge in [0.05, 0.1) is 6.61 Å². The van der Waals surface area contributed by atoms with Gasteiger partial charge in [0, 0.05) is 17.5 Å². The Kier molecular flexibility index (Phi) is 4.26. The molecule has 0 spiro atoms. The van der Waals surface area contributed by atoms with E-state index in [1.807, 2.05) is 20.0 Å². The average molecular weight is 281 g/mol. The van der Waals surface area contributed by atoms with E-state index in [0.29, 0.717) is 18.6 Å². The third-order valence-electron chi connectivity index (χ3n) is 4.45. The summed E-state index contributed by atoms with van der Waals surface area (Å²) in [7, 11) is 2.05. The van der Waals surface area contributed by atoms with Crippen LogP contribution in [0.15, 0.2) is 48.5 Å². The van der Waals surface area contributed by atoms with Gasteiger partial charge in [0.15, 0.2) is 0 Å². The van der Waals surface area contributed by atoms with Crippen molar-refractivity contribution < 1.29 is 4.74 Å². The molecule has 2 unspecified atom stereocenters. The molecule has 2 aromatic rings. The van der Waals surface area contributed by atoms with Crippen LogP contribution in [0.3, 0.4) is 0 Å². The molecule has 1 N–H and O–H groups in total. The van der Waals surface area contributed by atoms with E-state index >= 15 is 0 Å². The lowest BCUT2D eigenvalue weighted by atomic mass is 9.88. The van der Waals surface area contributed by atoms with Crippen LogP contribution in [0.2, 0.25) is 0 Å². The Morgan fingerprint density at radius 2 is 1.90 bits per heavy atom. The maximum Gasteiger partial charge on any atom is 0.124 e. The zero-order valence-corrected chi connectivity index (χ0v) is 12.8. The van der Waals surface area contributed by atoms with Crippen LogP contribution in [-0.4, -0.2) is 13.7 Å². The quantitative estimate of drug-likeness (QED) is 0.891. The Labute approximate surface area is 127 Å². The summed E-state index contributed by atoms with van der Waals surface area (Å²) in [5, 5.41) is 3.52. The molecule has 2 atom stereocenters. The van der Waals surface area contributed by atoms with Gasteiger partial charge in [0.1, 0.15) is 5.75 Å². The molecule has 0 aliphatic heterocycles. The number of nitrogens with one attached hydrogen (secondary N) is 1. The number of likely N-dealkylation sites (N-methyl/N-ethyl adjacent to an activating group) is 1. The second-order valence-corrected chi connectivity index (χ2v) is 5.58. The van der Waals surface area contributed by atoms with Gasteiger partial charge in [-0.05, 0) is 44.0 Å². The number of ether oxygens (including phenoxy) is 1. The summed E-state index contributed by atoms with van der Waals surface area (Å²) in [5.41, 5.74) is 4.25. The molecule has 0 fully saturated rings. The van der Waals surface area contributed by atoms with Crippen molar-refractivity contribution in [1.29, 1.82) is 0 Å². The number of aryl methyl sites for hydroxylation is 1. The molecule has 2 nitrogen and oxygen atoms in total. The lowest BCUT2D eigenvalue weighted by molar-refractivity contribution is 0.328. The first-order valence-corrected chi connectivity index (χ1v) is 7.82. The molecule has 0 saturated heterocycles. The highest BCUT2D eigenvalue weighted by Gasteiger charge is 2.31. The summed E-state index contributed by atoms with van der Waals surface area (Å²) in [6.07, 6.45) is 2.38. The molecule has 0 bridgehead atoms. The van der Waals surface area contributed by atoms with E-state index in [1.54, 1.807) is 0 Å². The summed E-state index contributed by atoms with van der Waals surface area (Å²) in [6.45, 7) is 2.74. The molecule has 0 aromatic heterocycles. The van der Waals surface area contributed by atoms with E-state index in [0.717, 1.165) is 5.75 Å². The van der Waals surface area contributed by atoms with Gasteiger partial charge in [-0.15, -0.1) is 0 Å². The van der Waals surface area contributed by atoms with Crippen LogP contribution in [0.4, 0.5) is 0 Å². The Bertz CT molecular complexity index is 608. The lowest BCUT2D eigenvalue weighted by Gasteiger charge is -2.26. The van der Waals surface area contributed by atoms with Gasteiger partial charge in [-0.25, -0.2) is 0 Å². The van der Waals surface area contributed by atoms with Crippen LogP contribution in [0, 0.1) is 0 Å². The minimum atomic E-state index is 0.302. The van der Waals surface area contributed by atoms with Crippen molar-refractivity contribution in [2.75, 3.05) is 13.7 Å². The molecule has 0 amide bonds. The standard InChI is InChI=1S/C19H23NO/c1-3-21-18-11-7-6-10-17(18)19(20-2)16-13-12-14-8-4-5-9-15(14)16/h4-11,16,19-20H,3,12-13H2,1-2H3. The van der Waals surface area contributed by atoms with Gasteiger partial charge in [-0.1, -0.05) is 42.5 Å². The summed E-state index contributed by atoms with van der Waals surface area (Å²) < 4.78 is 5.83. The van der Waals surface area contributed by atoms with Crippen LogP contribution < -0.4 is 10.1 Å². The number of fused-ring (bicyclic) bond motifs is 1. The summed E-state index contributed by atoms with van der Waals surface area (Å²) >= 11 is 0. The number of hydrogen-bond donors (Lipinski definition) is 1. The minimum Gasteiger partial charge on any atom is -0.494 e. The van der Waals surface area contributed by atoms with Crippen molar-refractivity contribution in [3.8, 4) is 5.75 Å². The highest BCUT2D eigenvalue weighted by molar-refractivity contribution is 5.42. The molecule has 21 heavy (non-hydrogen) atoms. The van der Waals surface area contributed by atoms with E-state index in [2.05, 4.69) is 47.8 Å². The molecule has 110 valence electrons. The average Bonchev–Trinajstić information content (AvgIpc) is 2.94. The van der Waals surface area contributed by atoms with Crippen LogP contribution in [0.25, 0.3) is 0 Å². The summed E-state index contributed by atoms with van der Waals surface area (Å²) in [6, 6.07) is 17.5. The molecule has 0 radical (unpaired) electrons. The number of para-hydroxylation sites is 1. The molecule has 3 rings (SSSR count). The van der Waals surface area contributed by atoms with Gasteiger partial charge < -0.3 is 10.1 Å². The number of hydrogen-bond acceptors (Lipinski definition) is 2. The van der Waals surface area contributed by atoms with Crippen LogP contribution >= 0.6 is 0 Å². The Morgan fingerprint density at radius 3 is 2.71 bits per heavy atom. The van der Waals surface area contributed by atoms with E-state index in [1.165, 1.54) is 29.5 Å². The summed E-state index contributed by atoms with van der Waals surface area (Å²) in [4.78, 5) is 0. The van der Waals surface area contributed by atoms with Gasteiger partial charge in [0.25, 0.3) is 0 Å². The fourth-order valence-corrected chi connectivity index (χ4v) is 3.53. The second kappa shape index (κ2) is 6.31. The van der Waals surface area contributed by atoms with Gasteiger partial charge in [-0.2, -0.15) is 0 Å². The molecular formula is C19H23NO. The third kappa shape index (κ3) is 2.68. The summed E-state index contributed by atoms with van der Waals surface area (Å²) in [5.74, 6) is 1.52. The zero-order valence-electron chi connectivity index (χ0n) is 12.8. The maximum absolute atomic E-state index is 5.83. The third-order valence-corrected chi connectivity index (χ3v) is 4.45. The zero-order chi connectivity index (χ0) is 14.7.